The fourth-order valence-electron chi connectivity index (χ4n) is 3.60. The minimum Gasteiger partial charge on any atom is -0.389 e. The molecule has 2 aliphatic carbocycles. The lowest BCUT2D eigenvalue weighted by molar-refractivity contribution is -0.0237. The van der Waals surface area contributed by atoms with E-state index in [1.54, 1.807) is 0 Å². The van der Waals surface area contributed by atoms with Crippen molar-refractivity contribution in [1.29, 1.82) is 0 Å². The Labute approximate surface area is 80.8 Å². The molecular weight excluding hydrogens is 160 g/mol. The molecule has 1 saturated carbocycles. The van der Waals surface area contributed by atoms with Crippen molar-refractivity contribution in [1.82, 2.24) is 0 Å². The second kappa shape index (κ2) is 2.60. The van der Waals surface area contributed by atoms with Gasteiger partial charge >= 0.3 is 0 Å². The lowest BCUT2D eigenvalue weighted by Crippen LogP contribution is -2.43. The van der Waals surface area contributed by atoms with Crippen LogP contribution >= 0.6 is 0 Å². The third-order valence-electron chi connectivity index (χ3n) is 4.10. The Morgan fingerprint density at radius 2 is 1.92 bits per heavy atom. The van der Waals surface area contributed by atoms with Crippen molar-refractivity contribution in [2.45, 2.75) is 46.1 Å². The molecule has 0 saturated heterocycles. The van der Waals surface area contributed by atoms with E-state index in [2.05, 4.69) is 26.8 Å². The van der Waals surface area contributed by atoms with Crippen molar-refractivity contribution in [3.63, 3.8) is 0 Å². The molecule has 13 heavy (non-hydrogen) atoms. The number of allylic oxidation sites excluding steroid dienone is 1. The first-order chi connectivity index (χ1) is 5.96. The molecule has 0 unspecified atom stereocenters. The predicted molar refractivity (Wildman–Crippen MR) is 54.4 cm³/mol. The lowest BCUT2D eigenvalue weighted by Gasteiger charge is -2.48. The van der Waals surface area contributed by atoms with Crippen LogP contribution in [0.15, 0.2) is 12.2 Å². The third kappa shape index (κ3) is 1.25. The van der Waals surface area contributed by atoms with Crippen LogP contribution in [0.1, 0.15) is 40.0 Å². The van der Waals surface area contributed by atoms with Gasteiger partial charge < -0.3 is 5.11 Å². The van der Waals surface area contributed by atoms with Crippen molar-refractivity contribution >= 4 is 0 Å². The highest BCUT2D eigenvalue weighted by Gasteiger charge is 2.50. The van der Waals surface area contributed by atoms with Crippen LogP contribution < -0.4 is 0 Å². The van der Waals surface area contributed by atoms with Gasteiger partial charge in [-0.3, -0.25) is 0 Å². The van der Waals surface area contributed by atoms with Crippen molar-refractivity contribution in [2.75, 3.05) is 0 Å². The van der Waals surface area contributed by atoms with Gasteiger partial charge in [0.25, 0.3) is 0 Å². The average molecular weight is 180 g/mol. The normalized spacial score (nSPS) is 47.7. The summed E-state index contributed by atoms with van der Waals surface area (Å²) >= 11 is 0. The third-order valence-corrected chi connectivity index (χ3v) is 4.10. The van der Waals surface area contributed by atoms with E-state index in [0.29, 0.717) is 11.3 Å². The maximum absolute atomic E-state index is 9.94. The molecule has 0 radical (unpaired) electrons. The molecule has 0 heterocycles. The van der Waals surface area contributed by atoms with E-state index in [1.165, 1.54) is 19.3 Å². The van der Waals surface area contributed by atoms with Crippen molar-refractivity contribution in [2.24, 2.45) is 16.7 Å². The topological polar surface area (TPSA) is 20.2 Å². The molecule has 0 amide bonds. The summed E-state index contributed by atoms with van der Waals surface area (Å²) < 4.78 is 0. The van der Waals surface area contributed by atoms with Gasteiger partial charge in [0.05, 0.1) is 6.10 Å². The molecule has 1 heteroatoms. The van der Waals surface area contributed by atoms with Gasteiger partial charge in [-0.25, -0.2) is 0 Å². The van der Waals surface area contributed by atoms with Gasteiger partial charge in [0.15, 0.2) is 0 Å². The Bertz CT molecular complexity index is 242. The van der Waals surface area contributed by atoms with Crippen molar-refractivity contribution < 1.29 is 5.11 Å². The fourth-order valence-corrected chi connectivity index (χ4v) is 3.60. The molecule has 3 atom stereocenters. The van der Waals surface area contributed by atoms with Crippen molar-refractivity contribution in [3.8, 4) is 0 Å². The van der Waals surface area contributed by atoms with E-state index < -0.39 is 0 Å². The average Bonchev–Trinajstić information content (AvgIpc) is 2.27. The molecule has 1 N–H and O–H groups in total. The van der Waals surface area contributed by atoms with Gasteiger partial charge in [-0.15, -0.1) is 0 Å². The van der Waals surface area contributed by atoms with Gasteiger partial charge in [0.1, 0.15) is 0 Å². The van der Waals surface area contributed by atoms with Crippen LogP contribution in [-0.2, 0) is 0 Å². The van der Waals surface area contributed by atoms with Gasteiger partial charge in [-0.2, -0.15) is 0 Å². The summed E-state index contributed by atoms with van der Waals surface area (Å²) in [7, 11) is 0. The molecular formula is C12H20O. The van der Waals surface area contributed by atoms with Crippen LogP contribution in [0.3, 0.4) is 0 Å². The van der Waals surface area contributed by atoms with E-state index in [0.717, 1.165) is 0 Å². The first-order valence-electron chi connectivity index (χ1n) is 5.33. The predicted octanol–water partition coefficient (Wildman–Crippen LogP) is 2.75. The minimum atomic E-state index is -0.208. The van der Waals surface area contributed by atoms with E-state index in [9.17, 15) is 5.11 Å². The Morgan fingerprint density at radius 3 is 2.54 bits per heavy atom. The smallest absolute Gasteiger partial charge is 0.0762 e. The Morgan fingerprint density at radius 1 is 1.23 bits per heavy atom. The number of aliphatic hydroxyl groups is 1. The van der Waals surface area contributed by atoms with Gasteiger partial charge in [-0.05, 0) is 23.7 Å². The number of hydrogen-bond donors (Lipinski definition) is 1. The van der Waals surface area contributed by atoms with Gasteiger partial charge in [0.2, 0.25) is 0 Å². The molecule has 0 spiro atoms. The summed E-state index contributed by atoms with van der Waals surface area (Å²) in [6.45, 7) is 6.89. The van der Waals surface area contributed by atoms with Crippen LogP contribution in [0.5, 0.6) is 0 Å². The number of rotatable bonds is 0. The minimum absolute atomic E-state index is 0.208. The largest absolute Gasteiger partial charge is 0.389 e. The SMILES string of the molecule is CC1(C)CCC[C@@]2(C)C=C[C@@H](O)[C@@H]12. The molecule has 0 aliphatic heterocycles. The van der Waals surface area contributed by atoms with Crippen LogP contribution in [0.25, 0.3) is 0 Å². The number of aliphatic hydroxyl groups excluding tert-OH is 1. The zero-order valence-electron chi connectivity index (χ0n) is 8.88. The Kier molecular flexibility index (Phi) is 1.85. The first-order valence-corrected chi connectivity index (χ1v) is 5.33. The van der Waals surface area contributed by atoms with E-state index in [-0.39, 0.29) is 11.5 Å². The molecule has 0 aromatic rings. The quantitative estimate of drug-likeness (QED) is 0.568. The molecule has 74 valence electrons. The second-order valence-electron chi connectivity index (χ2n) is 5.68. The standard InChI is InChI=1S/C12H20O/c1-11(2)6-4-7-12(3)8-5-9(13)10(11)12/h5,8-10,13H,4,6-7H2,1-3H3/t9-,10+,12+/m1/s1. The fraction of sp³-hybridized carbons (Fsp3) is 0.833. The lowest BCUT2D eigenvalue weighted by atomic mass is 9.57. The summed E-state index contributed by atoms with van der Waals surface area (Å²) in [6.07, 6.45) is 7.83. The summed E-state index contributed by atoms with van der Waals surface area (Å²) in [6, 6.07) is 0. The van der Waals surface area contributed by atoms with Crippen LogP contribution in [-0.4, -0.2) is 11.2 Å². The van der Waals surface area contributed by atoms with Crippen molar-refractivity contribution in [3.05, 3.63) is 12.2 Å². The summed E-state index contributed by atoms with van der Waals surface area (Å²) in [5, 5.41) is 9.94. The maximum atomic E-state index is 9.94. The van der Waals surface area contributed by atoms with E-state index in [4.69, 9.17) is 0 Å². The number of hydrogen-bond acceptors (Lipinski definition) is 1. The van der Waals surface area contributed by atoms with Crippen LogP contribution in [0.4, 0.5) is 0 Å². The number of fused-ring (bicyclic) bond motifs is 1. The second-order valence-corrected chi connectivity index (χ2v) is 5.68. The van der Waals surface area contributed by atoms with Gasteiger partial charge in [0, 0.05) is 5.92 Å². The molecule has 2 aliphatic rings. The highest BCUT2D eigenvalue weighted by atomic mass is 16.3. The molecule has 0 aromatic carbocycles. The monoisotopic (exact) mass is 180 g/mol. The van der Waals surface area contributed by atoms with Gasteiger partial charge in [-0.1, -0.05) is 39.3 Å². The zero-order valence-corrected chi connectivity index (χ0v) is 8.88. The Hall–Kier alpha value is -0.300. The summed E-state index contributed by atoms with van der Waals surface area (Å²) in [5.41, 5.74) is 0.567. The van der Waals surface area contributed by atoms with E-state index in [1.807, 2.05) is 6.08 Å². The molecule has 0 bridgehead atoms. The highest BCUT2D eigenvalue weighted by molar-refractivity contribution is 5.18. The first kappa shape index (κ1) is 9.26. The summed E-state index contributed by atoms with van der Waals surface area (Å²) in [5.74, 6) is 0.439. The van der Waals surface area contributed by atoms with E-state index >= 15 is 0 Å². The molecule has 0 aromatic heterocycles. The molecule has 1 nitrogen and oxygen atoms in total. The summed E-state index contributed by atoms with van der Waals surface area (Å²) in [4.78, 5) is 0. The molecule has 2 rings (SSSR count). The maximum Gasteiger partial charge on any atom is 0.0762 e. The van der Waals surface area contributed by atoms with Crippen LogP contribution in [0.2, 0.25) is 0 Å². The highest BCUT2D eigenvalue weighted by Crippen LogP contribution is 2.56. The zero-order chi connectivity index (χ0) is 9.69. The van der Waals surface area contributed by atoms with Crippen LogP contribution in [0, 0.1) is 16.7 Å². The molecule has 1 fully saturated rings. The Balaban J connectivity index is 2.33.